The average molecular weight is 504 g/mol. The zero-order valence-corrected chi connectivity index (χ0v) is 17.7. The van der Waals surface area contributed by atoms with Gasteiger partial charge in [0.25, 0.3) is 5.56 Å². The van der Waals surface area contributed by atoms with Gasteiger partial charge in [0.2, 0.25) is 0 Å². The van der Waals surface area contributed by atoms with E-state index in [4.69, 9.17) is 4.74 Å². The summed E-state index contributed by atoms with van der Waals surface area (Å²) in [7, 11) is 0. The first-order valence-corrected chi connectivity index (χ1v) is 10.2. The molecule has 0 spiro atoms. The van der Waals surface area contributed by atoms with E-state index in [2.05, 4.69) is 38.6 Å². The SMILES string of the molecule is N#Cc1ncccc1-c1cc2c(n(-c3ccccc3I)c1=O)COc1cccnc1-2. The lowest BCUT2D eigenvalue weighted by atomic mass is 9.98. The van der Waals surface area contributed by atoms with E-state index < -0.39 is 0 Å². The first kappa shape index (κ1) is 18.5. The summed E-state index contributed by atoms with van der Waals surface area (Å²) in [6, 6.07) is 18.7. The van der Waals surface area contributed by atoms with Crippen LogP contribution in [0.25, 0.3) is 28.1 Å². The molecule has 0 fully saturated rings. The minimum absolute atomic E-state index is 0.206. The summed E-state index contributed by atoms with van der Waals surface area (Å²) in [5.74, 6) is 0.663. The topological polar surface area (TPSA) is 80.8 Å². The van der Waals surface area contributed by atoms with Gasteiger partial charge < -0.3 is 4.74 Å². The van der Waals surface area contributed by atoms with Crippen molar-refractivity contribution in [3.8, 4) is 39.9 Å². The fraction of sp³-hybridized carbons (Fsp3) is 0.0435. The Morgan fingerprint density at radius 1 is 1.00 bits per heavy atom. The zero-order chi connectivity index (χ0) is 20.7. The van der Waals surface area contributed by atoms with Gasteiger partial charge in [-0.3, -0.25) is 14.3 Å². The van der Waals surface area contributed by atoms with Crippen LogP contribution in [0.3, 0.4) is 0 Å². The molecule has 0 unspecified atom stereocenters. The van der Waals surface area contributed by atoms with Gasteiger partial charge in [-0.25, -0.2) is 4.98 Å². The molecular formula is C23H13IN4O2. The summed E-state index contributed by atoms with van der Waals surface area (Å²) in [6.07, 6.45) is 3.24. The third-order valence-corrected chi connectivity index (χ3v) is 5.90. The minimum atomic E-state index is -0.231. The number of pyridine rings is 3. The fourth-order valence-electron chi connectivity index (χ4n) is 3.65. The van der Waals surface area contributed by atoms with E-state index in [1.165, 1.54) is 0 Å². The highest BCUT2D eigenvalue weighted by atomic mass is 127. The molecule has 30 heavy (non-hydrogen) atoms. The largest absolute Gasteiger partial charge is 0.485 e. The van der Waals surface area contributed by atoms with Crippen molar-refractivity contribution in [3.05, 3.63) is 92.3 Å². The Morgan fingerprint density at radius 2 is 1.80 bits per heavy atom. The molecule has 0 atom stereocenters. The molecule has 4 heterocycles. The van der Waals surface area contributed by atoms with Crippen LogP contribution in [0, 0.1) is 14.9 Å². The van der Waals surface area contributed by atoms with Gasteiger partial charge in [-0.1, -0.05) is 12.1 Å². The molecule has 0 radical (unpaired) electrons. The summed E-state index contributed by atoms with van der Waals surface area (Å²) in [5.41, 5.74) is 3.82. The molecule has 1 aliphatic rings. The first-order chi connectivity index (χ1) is 14.7. The van der Waals surface area contributed by atoms with Gasteiger partial charge in [0.1, 0.15) is 29.8 Å². The summed E-state index contributed by atoms with van der Waals surface area (Å²) in [5, 5.41) is 9.54. The van der Waals surface area contributed by atoms with E-state index in [1.54, 1.807) is 35.2 Å². The monoisotopic (exact) mass is 504 g/mol. The summed E-state index contributed by atoms with van der Waals surface area (Å²) in [6.45, 7) is 0.243. The number of para-hydroxylation sites is 1. The standard InChI is InChI=1S/C23H13IN4O2/c24-17-6-1-2-7-19(17)28-20-13-30-21-8-4-10-27-22(21)16(20)11-15(23(28)29)14-5-3-9-26-18(14)12-25/h1-11H,13H2. The van der Waals surface area contributed by atoms with Crippen LogP contribution in [-0.4, -0.2) is 14.5 Å². The van der Waals surface area contributed by atoms with E-state index in [1.807, 2.05) is 36.4 Å². The maximum absolute atomic E-state index is 13.7. The van der Waals surface area contributed by atoms with E-state index in [-0.39, 0.29) is 17.9 Å². The molecule has 0 saturated heterocycles. The van der Waals surface area contributed by atoms with Gasteiger partial charge in [-0.05, 0) is 65.1 Å². The lowest BCUT2D eigenvalue weighted by Gasteiger charge is -2.25. The number of aromatic nitrogens is 3. The third kappa shape index (κ3) is 2.88. The maximum atomic E-state index is 13.7. The van der Waals surface area contributed by atoms with E-state index in [0.717, 1.165) is 20.5 Å². The molecule has 0 amide bonds. The number of nitrogens with zero attached hydrogens (tertiary/aromatic N) is 4. The number of ether oxygens (including phenoxy) is 1. The molecule has 1 aliphatic heterocycles. The molecule has 3 aromatic heterocycles. The van der Waals surface area contributed by atoms with Crippen molar-refractivity contribution in [3.63, 3.8) is 0 Å². The normalized spacial score (nSPS) is 11.7. The number of rotatable bonds is 2. The number of benzene rings is 1. The summed E-state index contributed by atoms with van der Waals surface area (Å²) >= 11 is 2.22. The number of nitriles is 1. The third-order valence-electron chi connectivity index (χ3n) is 4.99. The van der Waals surface area contributed by atoms with Gasteiger partial charge in [-0.2, -0.15) is 5.26 Å². The Balaban J connectivity index is 1.92. The molecule has 5 rings (SSSR count). The molecule has 6 nitrogen and oxygen atoms in total. The van der Waals surface area contributed by atoms with Crippen molar-refractivity contribution in [2.75, 3.05) is 0 Å². The second-order valence-electron chi connectivity index (χ2n) is 6.66. The van der Waals surface area contributed by atoms with Gasteiger partial charge in [-0.15, -0.1) is 0 Å². The number of hydrogen-bond acceptors (Lipinski definition) is 5. The second kappa shape index (κ2) is 7.39. The highest BCUT2D eigenvalue weighted by Gasteiger charge is 2.26. The fourth-order valence-corrected chi connectivity index (χ4v) is 4.28. The molecule has 4 aromatic rings. The Bertz CT molecular complexity index is 1410. The Morgan fingerprint density at radius 3 is 2.63 bits per heavy atom. The number of halogens is 1. The molecule has 1 aromatic carbocycles. The first-order valence-electron chi connectivity index (χ1n) is 9.16. The lowest BCUT2D eigenvalue weighted by Crippen LogP contribution is -2.28. The smallest absolute Gasteiger partial charge is 0.263 e. The quantitative estimate of drug-likeness (QED) is 0.380. The molecule has 0 aliphatic carbocycles. The molecule has 0 N–H and O–H groups in total. The van der Waals surface area contributed by atoms with Crippen molar-refractivity contribution >= 4 is 22.6 Å². The predicted molar refractivity (Wildman–Crippen MR) is 120 cm³/mol. The predicted octanol–water partition coefficient (Wildman–Crippen LogP) is 4.33. The van der Waals surface area contributed by atoms with Crippen LogP contribution in [0.15, 0.2) is 71.8 Å². The van der Waals surface area contributed by atoms with Gasteiger partial charge in [0.15, 0.2) is 0 Å². The van der Waals surface area contributed by atoms with Gasteiger partial charge in [0, 0.05) is 27.1 Å². The summed E-state index contributed by atoms with van der Waals surface area (Å²) in [4.78, 5) is 22.4. The van der Waals surface area contributed by atoms with Crippen LogP contribution in [0.1, 0.15) is 11.4 Å². The second-order valence-corrected chi connectivity index (χ2v) is 7.82. The molecule has 0 saturated carbocycles. The van der Waals surface area contributed by atoms with Crippen LogP contribution < -0.4 is 10.3 Å². The maximum Gasteiger partial charge on any atom is 0.263 e. The van der Waals surface area contributed by atoms with Gasteiger partial charge >= 0.3 is 0 Å². The van der Waals surface area contributed by atoms with Crippen molar-refractivity contribution in [1.82, 2.24) is 14.5 Å². The number of hydrogen-bond donors (Lipinski definition) is 0. The van der Waals surface area contributed by atoms with Crippen molar-refractivity contribution in [2.24, 2.45) is 0 Å². The van der Waals surface area contributed by atoms with Crippen LogP contribution in [0.4, 0.5) is 0 Å². The van der Waals surface area contributed by atoms with Crippen LogP contribution in [0.2, 0.25) is 0 Å². The van der Waals surface area contributed by atoms with Crippen molar-refractivity contribution < 1.29 is 4.74 Å². The van der Waals surface area contributed by atoms with Crippen LogP contribution in [0.5, 0.6) is 5.75 Å². The van der Waals surface area contributed by atoms with Crippen molar-refractivity contribution in [1.29, 1.82) is 5.26 Å². The average Bonchev–Trinajstić information content (AvgIpc) is 2.79. The lowest BCUT2D eigenvalue weighted by molar-refractivity contribution is 0.292. The van der Waals surface area contributed by atoms with E-state index >= 15 is 0 Å². The molecule has 0 bridgehead atoms. The minimum Gasteiger partial charge on any atom is -0.485 e. The Hall–Kier alpha value is -3.51. The van der Waals surface area contributed by atoms with E-state index in [0.29, 0.717) is 22.6 Å². The van der Waals surface area contributed by atoms with E-state index in [9.17, 15) is 10.1 Å². The zero-order valence-electron chi connectivity index (χ0n) is 15.5. The Labute approximate surface area is 185 Å². The van der Waals surface area contributed by atoms with Crippen LogP contribution in [-0.2, 0) is 6.61 Å². The highest BCUT2D eigenvalue weighted by Crippen LogP contribution is 2.38. The van der Waals surface area contributed by atoms with Gasteiger partial charge in [0.05, 0.1) is 16.9 Å². The molecule has 7 heteroatoms. The Kier molecular flexibility index (Phi) is 4.56. The summed E-state index contributed by atoms with van der Waals surface area (Å²) < 4.78 is 8.50. The number of fused-ring (bicyclic) bond motifs is 3. The molecule has 144 valence electrons. The van der Waals surface area contributed by atoms with Crippen LogP contribution >= 0.6 is 22.6 Å². The molecular weight excluding hydrogens is 491 g/mol. The highest BCUT2D eigenvalue weighted by molar-refractivity contribution is 14.1. The van der Waals surface area contributed by atoms with Crippen molar-refractivity contribution in [2.45, 2.75) is 6.61 Å².